The van der Waals surface area contributed by atoms with E-state index in [1.807, 2.05) is 6.92 Å². The van der Waals surface area contributed by atoms with Crippen LogP contribution in [0.4, 0.5) is 0 Å². The first-order chi connectivity index (χ1) is 6.61. The van der Waals surface area contributed by atoms with Crippen molar-refractivity contribution in [2.24, 2.45) is 16.6 Å². The monoisotopic (exact) mass is 231 g/mol. The third-order valence-electron chi connectivity index (χ3n) is 1.58. The highest BCUT2D eigenvalue weighted by atomic mass is 33.1. The van der Waals surface area contributed by atoms with E-state index in [1.165, 1.54) is 6.08 Å². The number of primary amides is 1. The lowest BCUT2D eigenvalue weighted by atomic mass is 10.2. The third-order valence-corrected chi connectivity index (χ3v) is 4.18. The molecule has 0 spiro atoms. The Balaban J connectivity index is 3.50. The molecular formula is C9H15N2OS2-. The van der Waals surface area contributed by atoms with Crippen molar-refractivity contribution in [2.45, 2.75) is 13.0 Å². The summed E-state index contributed by atoms with van der Waals surface area (Å²) in [7, 11) is 3.22. The molecule has 0 saturated heterocycles. The molecule has 0 bridgehead atoms. The molecule has 0 aromatic rings. The second-order valence-electron chi connectivity index (χ2n) is 2.81. The molecule has 5 heteroatoms. The second kappa shape index (κ2) is 7.94. The molecule has 0 fully saturated rings. The molecule has 0 aliphatic carbocycles. The van der Waals surface area contributed by atoms with E-state index >= 15 is 0 Å². The highest BCUT2D eigenvalue weighted by molar-refractivity contribution is 8.76. The van der Waals surface area contributed by atoms with Gasteiger partial charge in [0, 0.05) is 23.5 Å². The van der Waals surface area contributed by atoms with Gasteiger partial charge in [0.15, 0.2) is 0 Å². The SMILES string of the molecule is [CH-]=CC(CSSCC(C)C(N)=O)N=C. The third kappa shape index (κ3) is 6.10. The van der Waals surface area contributed by atoms with Gasteiger partial charge in [-0.15, -0.1) is 0 Å². The summed E-state index contributed by atoms with van der Waals surface area (Å²) in [5.74, 6) is 1.14. The van der Waals surface area contributed by atoms with Crippen LogP contribution in [0.2, 0.25) is 0 Å². The van der Waals surface area contributed by atoms with Crippen LogP contribution in [-0.2, 0) is 4.79 Å². The van der Waals surface area contributed by atoms with Gasteiger partial charge in [0.25, 0.3) is 0 Å². The standard InChI is InChI=1S/C9H15N2OS2/c1-4-8(11-3)6-14-13-5-7(2)9(10)12/h1,4,7-8H,3,5-6H2,2H3,(H2,10,12)/q-1. The van der Waals surface area contributed by atoms with E-state index in [0.29, 0.717) is 5.75 Å². The summed E-state index contributed by atoms with van der Waals surface area (Å²) in [4.78, 5) is 14.5. The molecule has 0 radical (unpaired) electrons. The molecule has 2 N–H and O–H groups in total. The van der Waals surface area contributed by atoms with Crippen molar-refractivity contribution in [3.05, 3.63) is 12.7 Å². The average molecular weight is 231 g/mol. The zero-order chi connectivity index (χ0) is 11.0. The molecule has 0 rings (SSSR count). The first-order valence-electron chi connectivity index (χ1n) is 4.16. The molecule has 0 saturated carbocycles. The predicted molar refractivity (Wildman–Crippen MR) is 65.5 cm³/mol. The van der Waals surface area contributed by atoms with Gasteiger partial charge in [-0.25, -0.2) is 6.08 Å². The number of rotatable bonds is 8. The van der Waals surface area contributed by atoms with Gasteiger partial charge in [0.05, 0.1) is 0 Å². The Morgan fingerprint density at radius 3 is 2.64 bits per heavy atom. The summed E-state index contributed by atoms with van der Waals surface area (Å²) in [6.45, 7) is 10.5. The fraction of sp³-hybridized carbons (Fsp3) is 0.556. The van der Waals surface area contributed by atoms with Crippen LogP contribution >= 0.6 is 21.6 Å². The Kier molecular flexibility index (Phi) is 7.70. The van der Waals surface area contributed by atoms with Crippen molar-refractivity contribution in [1.29, 1.82) is 0 Å². The van der Waals surface area contributed by atoms with Crippen LogP contribution < -0.4 is 5.73 Å². The van der Waals surface area contributed by atoms with Gasteiger partial charge < -0.3 is 12.3 Å². The Labute approximate surface area is 93.0 Å². The van der Waals surface area contributed by atoms with Crippen LogP contribution in [0.3, 0.4) is 0 Å². The van der Waals surface area contributed by atoms with Gasteiger partial charge in [0.1, 0.15) is 0 Å². The van der Waals surface area contributed by atoms with Crippen LogP contribution in [0.1, 0.15) is 6.92 Å². The molecule has 1 amide bonds. The number of hydrogen-bond donors (Lipinski definition) is 1. The minimum absolute atomic E-state index is 0.0172. The Bertz CT molecular complexity index is 201. The Morgan fingerprint density at radius 1 is 1.64 bits per heavy atom. The second-order valence-corrected chi connectivity index (χ2v) is 5.37. The number of carbonyl (C=O) groups excluding carboxylic acids is 1. The zero-order valence-corrected chi connectivity index (χ0v) is 9.81. The molecule has 0 heterocycles. The van der Waals surface area contributed by atoms with Crippen molar-refractivity contribution in [3.8, 4) is 0 Å². The number of nitrogens with two attached hydrogens (primary N) is 1. The molecule has 0 aliphatic rings. The summed E-state index contributed by atoms with van der Waals surface area (Å²) < 4.78 is 0. The van der Waals surface area contributed by atoms with E-state index in [9.17, 15) is 4.79 Å². The van der Waals surface area contributed by atoms with Gasteiger partial charge in [-0.3, -0.25) is 9.79 Å². The summed E-state index contributed by atoms with van der Waals surface area (Å²) in [6.07, 6.45) is 1.51. The number of carbonyl (C=O) groups is 1. The van der Waals surface area contributed by atoms with Crippen LogP contribution in [0.5, 0.6) is 0 Å². The Morgan fingerprint density at radius 2 is 2.21 bits per heavy atom. The van der Waals surface area contributed by atoms with E-state index in [4.69, 9.17) is 12.3 Å². The maximum atomic E-state index is 10.7. The van der Waals surface area contributed by atoms with Crippen LogP contribution in [0.15, 0.2) is 11.1 Å². The van der Waals surface area contributed by atoms with Crippen LogP contribution in [-0.4, -0.2) is 30.2 Å². The van der Waals surface area contributed by atoms with Crippen LogP contribution in [0, 0.1) is 12.5 Å². The van der Waals surface area contributed by atoms with Gasteiger partial charge in [0.2, 0.25) is 5.91 Å². The van der Waals surface area contributed by atoms with E-state index in [0.717, 1.165) is 5.75 Å². The van der Waals surface area contributed by atoms with Crippen molar-refractivity contribution >= 4 is 34.2 Å². The van der Waals surface area contributed by atoms with E-state index in [2.05, 4.69) is 11.7 Å². The van der Waals surface area contributed by atoms with E-state index in [-0.39, 0.29) is 17.9 Å². The minimum Gasteiger partial charge on any atom is -0.516 e. The lowest BCUT2D eigenvalue weighted by molar-refractivity contribution is -0.120. The molecular weight excluding hydrogens is 216 g/mol. The first-order valence-corrected chi connectivity index (χ1v) is 6.65. The smallest absolute Gasteiger partial charge is 0.221 e. The highest BCUT2D eigenvalue weighted by Crippen LogP contribution is 2.25. The van der Waals surface area contributed by atoms with Crippen molar-refractivity contribution in [3.63, 3.8) is 0 Å². The molecule has 3 nitrogen and oxygen atoms in total. The normalized spacial score (nSPS) is 14.4. The molecule has 2 unspecified atom stereocenters. The maximum absolute atomic E-state index is 10.7. The number of amides is 1. The lowest BCUT2D eigenvalue weighted by Crippen LogP contribution is -2.22. The van der Waals surface area contributed by atoms with Crippen molar-refractivity contribution < 1.29 is 4.79 Å². The summed E-state index contributed by atoms with van der Waals surface area (Å²) >= 11 is 0. The van der Waals surface area contributed by atoms with Gasteiger partial charge in [-0.2, -0.15) is 0 Å². The highest BCUT2D eigenvalue weighted by Gasteiger charge is 2.08. The molecule has 14 heavy (non-hydrogen) atoms. The Hall–Kier alpha value is -0.420. The number of aliphatic imine (C=N–C) groups is 1. The molecule has 80 valence electrons. The molecule has 0 aliphatic heterocycles. The quantitative estimate of drug-likeness (QED) is 0.298. The zero-order valence-electron chi connectivity index (χ0n) is 8.18. The predicted octanol–water partition coefficient (Wildman–Crippen LogP) is 1.55. The fourth-order valence-electron chi connectivity index (χ4n) is 0.519. The van der Waals surface area contributed by atoms with Crippen LogP contribution in [0.25, 0.3) is 0 Å². The lowest BCUT2D eigenvalue weighted by Gasteiger charge is -2.09. The maximum Gasteiger partial charge on any atom is 0.221 e. The molecule has 2 atom stereocenters. The van der Waals surface area contributed by atoms with E-state index in [1.54, 1.807) is 21.6 Å². The largest absolute Gasteiger partial charge is 0.516 e. The molecule has 0 aromatic carbocycles. The topological polar surface area (TPSA) is 55.5 Å². The van der Waals surface area contributed by atoms with Crippen molar-refractivity contribution in [1.82, 2.24) is 0 Å². The minimum atomic E-state index is -0.262. The number of nitrogens with zero attached hydrogens (tertiary/aromatic N) is 1. The summed E-state index contributed by atoms with van der Waals surface area (Å²) in [6, 6.07) is -0.0172. The van der Waals surface area contributed by atoms with Gasteiger partial charge in [-0.05, 0) is 6.72 Å². The van der Waals surface area contributed by atoms with E-state index < -0.39 is 0 Å². The van der Waals surface area contributed by atoms with Crippen molar-refractivity contribution in [2.75, 3.05) is 11.5 Å². The number of hydrogen-bond acceptors (Lipinski definition) is 4. The molecule has 0 aromatic heterocycles. The van der Waals surface area contributed by atoms with Gasteiger partial charge >= 0.3 is 0 Å². The summed E-state index contributed by atoms with van der Waals surface area (Å²) in [5, 5.41) is 0. The summed E-state index contributed by atoms with van der Waals surface area (Å²) in [5.41, 5.74) is 5.11. The average Bonchev–Trinajstić information content (AvgIpc) is 2.17. The first kappa shape index (κ1) is 13.6. The van der Waals surface area contributed by atoms with Gasteiger partial charge in [-0.1, -0.05) is 28.5 Å². The fourth-order valence-corrected chi connectivity index (χ4v) is 3.04.